The van der Waals surface area contributed by atoms with Gasteiger partial charge >= 0.3 is 6.18 Å². The van der Waals surface area contributed by atoms with E-state index in [-0.39, 0.29) is 18.4 Å². The van der Waals surface area contributed by atoms with Crippen molar-refractivity contribution in [2.75, 3.05) is 0 Å². The molecule has 0 spiro atoms. The highest BCUT2D eigenvalue weighted by molar-refractivity contribution is 5.80. The van der Waals surface area contributed by atoms with Crippen molar-refractivity contribution < 1.29 is 18.3 Å². The molecule has 0 unspecified atom stereocenters. The van der Waals surface area contributed by atoms with Crippen LogP contribution in [0.3, 0.4) is 0 Å². The lowest BCUT2D eigenvalue weighted by Crippen LogP contribution is -2.11. The Morgan fingerprint density at radius 3 is 2.24 bits per heavy atom. The van der Waals surface area contributed by atoms with Crippen LogP contribution in [0.4, 0.5) is 13.2 Å². The van der Waals surface area contributed by atoms with Gasteiger partial charge in [0.1, 0.15) is 0 Å². The predicted octanol–water partition coefficient (Wildman–Crippen LogP) is 7.32. The van der Waals surface area contributed by atoms with Crippen LogP contribution in [-0.4, -0.2) is 10.1 Å². The van der Waals surface area contributed by atoms with Crippen molar-refractivity contribution in [1.82, 2.24) is 4.98 Å². The van der Waals surface area contributed by atoms with E-state index in [1.54, 1.807) is 6.07 Å². The van der Waals surface area contributed by atoms with E-state index in [0.717, 1.165) is 35.9 Å². The van der Waals surface area contributed by atoms with Crippen LogP contribution in [-0.2, 0) is 12.8 Å². The van der Waals surface area contributed by atoms with E-state index in [1.165, 1.54) is 12.1 Å². The summed E-state index contributed by atoms with van der Waals surface area (Å²) in [7, 11) is 0. The first-order chi connectivity index (χ1) is 13.6. The van der Waals surface area contributed by atoms with Crippen molar-refractivity contribution >= 4 is 6.08 Å². The number of pyridine rings is 1. The Bertz CT molecular complexity index is 867. The van der Waals surface area contributed by atoms with Crippen LogP contribution in [0.5, 0.6) is 0 Å². The molecule has 0 aliphatic rings. The molecule has 1 aromatic heterocycles. The molecule has 1 N–H and O–H groups in total. The topological polar surface area (TPSA) is 33.1 Å². The fourth-order valence-electron chi connectivity index (χ4n) is 3.47. The van der Waals surface area contributed by atoms with Gasteiger partial charge in [0.25, 0.3) is 0 Å². The Kier molecular flexibility index (Phi) is 7.64. The SMILES string of the molecule is CCC/C=C/c1c(C(C)C)nc(C(C)C)c(CO)c1-c1cccc(C(F)(F)F)c1. The molecule has 5 heteroatoms. The fraction of sp³-hybridized carbons (Fsp3) is 0.458. The third kappa shape index (κ3) is 5.27. The summed E-state index contributed by atoms with van der Waals surface area (Å²) in [6.45, 7) is 9.80. The van der Waals surface area contributed by atoms with Crippen LogP contribution in [0.1, 0.15) is 87.4 Å². The second-order valence-corrected chi connectivity index (χ2v) is 7.89. The van der Waals surface area contributed by atoms with Crippen LogP contribution >= 0.6 is 0 Å². The van der Waals surface area contributed by atoms with E-state index in [2.05, 4.69) is 6.92 Å². The average Bonchev–Trinajstić information content (AvgIpc) is 2.66. The minimum atomic E-state index is -4.43. The van der Waals surface area contributed by atoms with Gasteiger partial charge in [-0.3, -0.25) is 4.98 Å². The number of hydrogen-bond donors (Lipinski definition) is 1. The predicted molar refractivity (Wildman–Crippen MR) is 113 cm³/mol. The van der Waals surface area contributed by atoms with E-state index < -0.39 is 11.7 Å². The first kappa shape index (κ1) is 23.1. The molecule has 0 atom stereocenters. The zero-order valence-corrected chi connectivity index (χ0v) is 17.8. The molecule has 0 saturated heterocycles. The molecule has 2 rings (SSSR count). The van der Waals surface area contributed by atoms with E-state index in [9.17, 15) is 18.3 Å². The van der Waals surface area contributed by atoms with Crippen molar-refractivity contribution in [3.05, 3.63) is 58.4 Å². The molecule has 0 amide bonds. The van der Waals surface area contributed by atoms with Gasteiger partial charge < -0.3 is 5.11 Å². The van der Waals surface area contributed by atoms with Gasteiger partial charge in [-0.15, -0.1) is 0 Å². The maximum Gasteiger partial charge on any atom is 0.416 e. The first-order valence-corrected chi connectivity index (χ1v) is 10.1. The Balaban J connectivity index is 2.92. The molecule has 1 heterocycles. The summed E-state index contributed by atoms with van der Waals surface area (Å²) in [5.74, 6) is 0.124. The van der Waals surface area contributed by atoms with Gasteiger partial charge in [0, 0.05) is 16.8 Å². The van der Waals surface area contributed by atoms with Gasteiger partial charge in [-0.2, -0.15) is 13.2 Å². The minimum Gasteiger partial charge on any atom is -0.392 e. The lowest BCUT2D eigenvalue weighted by Gasteiger charge is -2.23. The number of halogens is 3. The molecular weight excluding hydrogens is 375 g/mol. The molecule has 0 saturated carbocycles. The number of aliphatic hydroxyl groups is 1. The van der Waals surface area contributed by atoms with Crippen molar-refractivity contribution in [3.63, 3.8) is 0 Å². The number of allylic oxidation sites excluding steroid dienone is 1. The zero-order chi connectivity index (χ0) is 21.8. The number of nitrogens with zero attached hydrogens (tertiary/aromatic N) is 1. The highest BCUT2D eigenvalue weighted by atomic mass is 19.4. The van der Waals surface area contributed by atoms with Crippen LogP contribution in [0, 0.1) is 0 Å². The Hall–Kier alpha value is -2.14. The van der Waals surface area contributed by atoms with E-state index in [1.807, 2.05) is 39.8 Å². The molecule has 2 nitrogen and oxygen atoms in total. The lowest BCUT2D eigenvalue weighted by atomic mass is 9.86. The minimum absolute atomic E-state index is 0.0351. The number of benzene rings is 1. The quantitative estimate of drug-likeness (QED) is 0.523. The van der Waals surface area contributed by atoms with Crippen molar-refractivity contribution in [2.24, 2.45) is 0 Å². The molecular formula is C24H30F3NO. The van der Waals surface area contributed by atoms with Crippen molar-refractivity contribution in [2.45, 2.75) is 72.1 Å². The largest absolute Gasteiger partial charge is 0.416 e. The summed E-state index contributed by atoms with van der Waals surface area (Å²) in [5, 5.41) is 10.2. The first-order valence-electron chi connectivity index (χ1n) is 10.1. The smallest absolute Gasteiger partial charge is 0.392 e. The van der Waals surface area contributed by atoms with Crippen LogP contribution in [0.15, 0.2) is 30.3 Å². The Labute approximate surface area is 171 Å². The maximum atomic E-state index is 13.4. The summed E-state index contributed by atoms with van der Waals surface area (Å²) in [5.41, 5.74) is 3.36. The highest BCUT2D eigenvalue weighted by Crippen LogP contribution is 2.39. The number of alkyl halides is 3. The maximum absolute atomic E-state index is 13.4. The van der Waals surface area contributed by atoms with Gasteiger partial charge in [0.15, 0.2) is 0 Å². The molecule has 0 bridgehead atoms. The highest BCUT2D eigenvalue weighted by Gasteiger charge is 2.31. The molecule has 1 aromatic carbocycles. The summed E-state index contributed by atoms with van der Waals surface area (Å²) in [6, 6.07) is 5.33. The molecule has 0 aliphatic heterocycles. The summed E-state index contributed by atoms with van der Waals surface area (Å²) < 4.78 is 40.1. The van der Waals surface area contributed by atoms with E-state index >= 15 is 0 Å². The van der Waals surface area contributed by atoms with Gasteiger partial charge in [0.05, 0.1) is 17.9 Å². The monoisotopic (exact) mass is 405 g/mol. The van der Waals surface area contributed by atoms with Gasteiger partial charge in [0.2, 0.25) is 0 Å². The molecule has 158 valence electrons. The third-order valence-corrected chi connectivity index (χ3v) is 4.87. The molecule has 0 fully saturated rings. The molecule has 29 heavy (non-hydrogen) atoms. The normalized spacial score (nSPS) is 12.5. The number of rotatable bonds is 7. The standard InChI is InChI=1S/C24H30F3NO/c1-6-7-8-12-19-21(17-10-9-11-18(13-17)24(25,26)27)20(14-29)23(16(4)5)28-22(19)15(2)3/h8-13,15-16,29H,6-7,14H2,1-5H3/b12-8+. The number of unbranched alkanes of at least 4 members (excludes halogenated alkanes) is 1. The zero-order valence-electron chi connectivity index (χ0n) is 17.8. The van der Waals surface area contributed by atoms with E-state index in [0.29, 0.717) is 16.7 Å². The van der Waals surface area contributed by atoms with Crippen LogP contribution < -0.4 is 0 Å². The van der Waals surface area contributed by atoms with Gasteiger partial charge in [-0.25, -0.2) is 0 Å². The number of hydrogen-bond acceptors (Lipinski definition) is 2. The van der Waals surface area contributed by atoms with Crippen molar-refractivity contribution in [1.29, 1.82) is 0 Å². The van der Waals surface area contributed by atoms with Crippen LogP contribution in [0.2, 0.25) is 0 Å². The van der Waals surface area contributed by atoms with Gasteiger partial charge in [-0.1, -0.05) is 65.3 Å². The summed E-state index contributed by atoms with van der Waals surface area (Å²) in [4.78, 5) is 4.85. The number of aliphatic hydroxyl groups excluding tert-OH is 1. The Morgan fingerprint density at radius 2 is 1.72 bits per heavy atom. The van der Waals surface area contributed by atoms with E-state index in [4.69, 9.17) is 4.98 Å². The molecule has 2 aromatic rings. The number of aromatic nitrogens is 1. The summed E-state index contributed by atoms with van der Waals surface area (Å²) in [6.07, 6.45) is 1.38. The van der Waals surface area contributed by atoms with Gasteiger partial charge in [-0.05, 0) is 41.5 Å². The molecule has 0 aliphatic carbocycles. The second kappa shape index (κ2) is 9.57. The second-order valence-electron chi connectivity index (χ2n) is 7.89. The van der Waals surface area contributed by atoms with Crippen LogP contribution in [0.25, 0.3) is 17.2 Å². The Morgan fingerprint density at radius 1 is 1.07 bits per heavy atom. The lowest BCUT2D eigenvalue weighted by molar-refractivity contribution is -0.137. The fourth-order valence-corrected chi connectivity index (χ4v) is 3.47. The molecule has 0 radical (unpaired) electrons. The third-order valence-electron chi connectivity index (χ3n) is 4.87. The average molecular weight is 406 g/mol. The van der Waals surface area contributed by atoms with Crippen molar-refractivity contribution in [3.8, 4) is 11.1 Å². The summed E-state index contributed by atoms with van der Waals surface area (Å²) >= 11 is 0.